The molecule has 0 bridgehead atoms. The van der Waals surface area contributed by atoms with Gasteiger partial charge in [-0.1, -0.05) is 6.92 Å². The maximum Gasteiger partial charge on any atom is 0.321 e. The van der Waals surface area contributed by atoms with Gasteiger partial charge < -0.3 is 9.84 Å². The molecule has 4 unspecified atom stereocenters. The number of carboxylic acid groups (broad SMARTS) is 1. The summed E-state index contributed by atoms with van der Waals surface area (Å²) in [4.78, 5) is 13.7. The molecule has 0 amide bonds. The van der Waals surface area contributed by atoms with E-state index in [0.717, 1.165) is 45.1 Å². The zero-order valence-corrected chi connectivity index (χ0v) is 11.5. The molecule has 1 aliphatic heterocycles. The van der Waals surface area contributed by atoms with Crippen LogP contribution in [-0.4, -0.2) is 47.8 Å². The van der Waals surface area contributed by atoms with Crippen molar-refractivity contribution in [2.75, 3.05) is 13.7 Å². The van der Waals surface area contributed by atoms with Crippen molar-refractivity contribution in [2.45, 2.75) is 63.6 Å². The minimum atomic E-state index is -0.651. The van der Waals surface area contributed by atoms with Gasteiger partial charge in [-0.3, -0.25) is 9.69 Å². The van der Waals surface area contributed by atoms with E-state index in [4.69, 9.17) is 4.74 Å². The molecule has 0 aromatic heterocycles. The number of rotatable bonds is 3. The zero-order chi connectivity index (χ0) is 13.1. The van der Waals surface area contributed by atoms with Gasteiger partial charge in [0.25, 0.3) is 0 Å². The Morgan fingerprint density at radius 3 is 2.72 bits per heavy atom. The van der Waals surface area contributed by atoms with Gasteiger partial charge in [-0.15, -0.1) is 0 Å². The van der Waals surface area contributed by atoms with Crippen molar-refractivity contribution in [3.63, 3.8) is 0 Å². The highest BCUT2D eigenvalue weighted by atomic mass is 16.5. The SMILES string of the molecule is COC1CCCC(N2CCCC(C)C2C(=O)O)C1. The molecular formula is C14H25NO3. The fourth-order valence-electron chi connectivity index (χ4n) is 3.65. The van der Waals surface area contributed by atoms with Crippen LogP contribution in [0.2, 0.25) is 0 Å². The molecule has 2 rings (SSSR count). The number of hydrogen-bond donors (Lipinski definition) is 1. The Kier molecular flexibility index (Phi) is 4.62. The molecule has 104 valence electrons. The molecule has 0 aromatic rings. The Labute approximate surface area is 109 Å². The third-order valence-corrected chi connectivity index (χ3v) is 4.63. The third kappa shape index (κ3) is 2.86. The standard InChI is InChI=1S/C14H25NO3/c1-10-5-4-8-15(13(10)14(16)17)11-6-3-7-12(9-11)18-2/h10-13H,3-9H2,1-2H3,(H,16,17). The summed E-state index contributed by atoms with van der Waals surface area (Å²) >= 11 is 0. The van der Waals surface area contributed by atoms with E-state index in [1.165, 1.54) is 0 Å². The van der Waals surface area contributed by atoms with Crippen LogP contribution < -0.4 is 0 Å². The second-order valence-electron chi connectivity index (χ2n) is 5.82. The Morgan fingerprint density at radius 2 is 2.06 bits per heavy atom. The number of likely N-dealkylation sites (tertiary alicyclic amines) is 1. The van der Waals surface area contributed by atoms with Crippen LogP contribution in [0.4, 0.5) is 0 Å². The van der Waals surface area contributed by atoms with Crippen molar-refractivity contribution in [1.82, 2.24) is 4.90 Å². The summed E-state index contributed by atoms with van der Waals surface area (Å²) in [5, 5.41) is 9.46. The maximum absolute atomic E-state index is 11.5. The summed E-state index contributed by atoms with van der Waals surface area (Å²) in [6.45, 7) is 3.00. The van der Waals surface area contributed by atoms with Gasteiger partial charge in [-0.25, -0.2) is 0 Å². The summed E-state index contributed by atoms with van der Waals surface area (Å²) in [6, 6.07) is 0.104. The minimum Gasteiger partial charge on any atom is -0.480 e. The van der Waals surface area contributed by atoms with E-state index in [9.17, 15) is 9.90 Å². The highest BCUT2D eigenvalue weighted by Crippen LogP contribution is 2.32. The van der Waals surface area contributed by atoms with Crippen LogP contribution in [0.5, 0.6) is 0 Å². The van der Waals surface area contributed by atoms with E-state index >= 15 is 0 Å². The fraction of sp³-hybridized carbons (Fsp3) is 0.929. The molecule has 1 saturated heterocycles. The molecule has 0 spiro atoms. The normalized spacial score (nSPS) is 38.6. The van der Waals surface area contributed by atoms with Gasteiger partial charge in [-0.05, 0) is 51.0 Å². The number of nitrogens with zero attached hydrogens (tertiary/aromatic N) is 1. The first-order valence-corrected chi connectivity index (χ1v) is 7.14. The first kappa shape index (κ1) is 13.8. The molecule has 0 aromatic carbocycles. The number of carboxylic acids is 1. The summed E-state index contributed by atoms with van der Waals surface area (Å²) in [5.41, 5.74) is 0. The molecule has 4 atom stereocenters. The van der Waals surface area contributed by atoms with E-state index in [1.807, 2.05) is 0 Å². The number of carbonyl (C=O) groups is 1. The summed E-state index contributed by atoms with van der Waals surface area (Å²) < 4.78 is 5.46. The van der Waals surface area contributed by atoms with Gasteiger partial charge in [-0.2, -0.15) is 0 Å². The molecule has 1 saturated carbocycles. The molecule has 0 radical (unpaired) electrons. The van der Waals surface area contributed by atoms with Gasteiger partial charge in [0.2, 0.25) is 0 Å². The van der Waals surface area contributed by atoms with E-state index in [-0.39, 0.29) is 12.0 Å². The summed E-state index contributed by atoms with van der Waals surface area (Å²) in [5.74, 6) is -0.388. The fourth-order valence-corrected chi connectivity index (χ4v) is 3.65. The van der Waals surface area contributed by atoms with Crippen LogP contribution in [0.15, 0.2) is 0 Å². The zero-order valence-electron chi connectivity index (χ0n) is 11.5. The molecule has 2 fully saturated rings. The topological polar surface area (TPSA) is 49.8 Å². The lowest BCUT2D eigenvalue weighted by Crippen LogP contribution is -2.55. The lowest BCUT2D eigenvalue weighted by Gasteiger charge is -2.44. The highest BCUT2D eigenvalue weighted by Gasteiger charge is 2.39. The van der Waals surface area contributed by atoms with E-state index in [1.54, 1.807) is 7.11 Å². The lowest BCUT2D eigenvalue weighted by atomic mass is 9.85. The molecule has 4 heteroatoms. The van der Waals surface area contributed by atoms with Crippen LogP contribution in [0, 0.1) is 5.92 Å². The van der Waals surface area contributed by atoms with Crippen molar-refractivity contribution in [1.29, 1.82) is 0 Å². The molecule has 18 heavy (non-hydrogen) atoms. The predicted octanol–water partition coefficient (Wildman–Crippen LogP) is 2.13. The van der Waals surface area contributed by atoms with Crippen molar-refractivity contribution < 1.29 is 14.6 Å². The van der Waals surface area contributed by atoms with Crippen LogP contribution in [0.3, 0.4) is 0 Å². The number of aliphatic carboxylic acids is 1. The Bertz CT molecular complexity index is 295. The largest absolute Gasteiger partial charge is 0.480 e. The monoisotopic (exact) mass is 255 g/mol. The molecule has 2 aliphatic rings. The number of ether oxygens (including phenoxy) is 1. The van der Waals surface area contributed by atoms with Gasteiger partial charge in [0.15, 0.2) is 0 Å². The third-order valence-electron chi connectivity index (χ3n) is 4.63. The molecule has 4 nitrogen and oxygen atoms in total. The molecule has 1 N–H and O–H groups in total. The van der Waals surface area contributed by atoms with Crippen LogP contribution in [0.25, 0.3) is 0 Å². The van der Waals surface area contributed by atoms with Gasteiger partial charge in [0.05, 0.1) is 6.10 Å². The first-order chi connectivity index (χ1) is 8.63. The van der Waals surface area contributed by atoms with E-state index in [2.05, 4.69) is 11.8 Å². The Hall–Kier alpha value is -0.610. The summed E-state index contributed by atoms with van der Waals surface area (Å²) in [6.07, 6.45) is 6.86. The van der Waals surface area contributed by atoms with Crippen molar-refractivity contribution in [3.05, 3.63) is 0 Å². The Balaban J connectivity index is 2.06. The van der Waals surface area contributed by atoms with Crippen molar-refractivity contribution >= 4 is 5.97 Å². The summed E-state index contributed by atoms with van der Waals surface area (Å²) in [7, 11) is 1.76. The predicted molar refractivity (Wildman–Crippen MR) is 69.6 cm³/mol. The maximum atomic E-state index is 11.5. The van der Waals surface area contributed by atoms with E-state index < -0.39 is 5.97 Å². The second kappa shape index (κ2) is 6.02. The van der Waals surface area contributed by atoms with Gasteiger partial charge in [0.1, 0.15) is 6.04 Å². The quantitative estimate of drug-likeness (QED) is 0.839. The van der Waals surface area contributed by atoms with Gasteiger partial charge >= 0.3 is 5.97 Å². The average molecular weight is 255 g/mol. The number of piperidine rings is 1. The Morgan fingerprint density at radius 1 is 1.28 bits per heavy atom. The average Bonchev–Trinajstić information content (AvgIpc) is 2.38. The second-order valence-corrected chi connectivity index (χ2v) is 5.82. The lowest BCUT2D eigenvalue weighted by molar-refractivity contribution is -0.149. The highest BCUT2D eigenvalue weighted by molar-refractivity contribution is 5.74. The number of hydrogen-bond acceptors (Lipinski definition) is 3. The molecule has 1 heterocycles. The smallest absolute Gasteiger partial charge is 0.321 e. The minimum absolute atomic E-state index is 0.263. The van der Waals surface area contributed by atoms with Crippen LogP contribution in [-0.2, 0) is 9.53 Å². The molecule has 1 aliphatic carbocycles. The van der Waals surface area contributed by atoms with Crippen LogP contribution >= 0.6 is 0 Å². The van der Waals surface area contributed by atoms with E-state index in [0.29, 0.717) is 12.1 Å². The first-order valence-electron chi connectivity index (χ1n) is 7.14. The van der Waals surface area contributed by atoms with Gasteiger partial charge in [0, 0.05) is 13.2 Å². The van der Waals surface area contributed by atoms with Crippen molar-refractivity contribution in [3.8, 4) is 0 Å². The number of methoxy groups -OCH3 is 1. The van der Waals surface area contributed by atoms with Crippen LogP contribution in [0.1, 0.15) is 45.4 Å². The van der Waals surface area contributed by atoms with Crippen molar-refractivity contribution in [2.24, 2.45) is 5.92 Å². The molecular weight excluding hydrogens is 230 g/mol.